The van der Waals surface area contributed by atoms with Crippen molar-refractivity contribution < 1.29 is 5.11 Å². The first-order chi connectivity index (χ1) is 6.84. The van der Waals surface area contributed by atoms with Gasteiger partial charge in [0.2, 0.25) is 0 Å². The first-order valence-corrected chi connectivity index (χ1v) is 7.85. The third kappa shape index (κ3) is 4.94. The van der Waals surface area contributed by atoms with Gasteiger partial charge in [-0.1, -0.05) is 32.6 Å². The Morgan fingerprint density at radius 3 is 2.57 bits per heavy atom. The molecule has 0 spiro atoms. The largest absolute Gasteiger partial charge is 0.391 e. The van der Waals surface area contributed by atoms with Crippen molar-refractivity contribution in [3.05, 3.63) is 0 Å². The molecule has 0 aromatic carbocycles. The Hall–Kier alpha value is 0.660. The Morgan fingerprint density at radius 1 is 1.21 bits per heavy atom. The van der Waals surface area contributed by atoms with Crippen molar-refractivity contribution >= 4 is 23.5 Å². The van der Waals surface area contributed by atoms with E-state index in [-0.39, 0.29) is 6.10 Å². The molecule has 0 aromatic heterocycles. The van der Waals surface area contributed by atoms with E-state index >= 15 is 0 Å². The molecule has 3 heteroatoms. The average molecular weight is 234 g/mol. The van der Waals surface area contributed by atoms with Crippen LogP contribution in [0.25, 0.3) is 0 Å². The van der Waals surface area contributed by atoms with Gasteiger partial charge in [-0.3, -0.25) is 0 Å². The standard InChI is InChI=1S/C11H22OS2/c1-2-3-4-5-7-10(12)11-13-8-6-9-14-11/h10-12H,2-9H2,1H3/t10-/m0/s1. The van der Waals surface area contributed by atoms with E-state index in [2.05, 4.69) is 6.92 Å². The van der Waals surface area contributed by atoms with Crippen molar-refractivity contribution in [1.29, 1.82) is 0 Å². The van der Waals surface area contributed by atoms with Crippen molar-refractivity contribution in [2.45, 2.75) is 56.1 Å². The Labute approximate surface area is 96.4 Å². The van der Waals surface area contributed by atoms with E-state index < -0.39 is 0 Å². The Kier molecular flexibility index (Phi) is 7.17. The highest BCUT2D eigenvalue weighted by Gasteiger charge is 2.22. The lowest BCUT2D eigenvalue weighted by molar-refractivity contribution is 0.177. The van der Waals surface area contributed by atoms with E-state index in [0.29, 0.717) is 4.58 Å². The molecular formula is C11H22OS2. The molecule has 1 aliphatic rings. The fourth-order valence-corrected chi connectivity index (χ4v) is 4.59. The maximum Gasteiger partial charge on any atom is 0.0761 e. The summed E-state index contributed by atoms with van der Waals surface area (Å²) >= 11 is 3.90. The summed E-state index contributed by atoms with van der Waals surface area (Å²) in [6, 6.07) is 0. The van der Waals surface area contributed by atoms with Gasteiger partial charge in [-0.15, -0.1) is 23.5 Å². The van der Waals surface area contributed by atoms with Gasteiger partial charge >= 0.3 is 0 Å². The summed E-state index contributed by atoms with van der Waals surface area (Å²) in [7, 11) is 0. The molecule has 1 nitrogen and oxygen atoms in total. The van der Waals surface area contributed by atoms with Crippen LogP contribution < -0.4 is 0 Å². The summed E-state index contributed by atoms with van der Waals surface area (Å²) in [5, 5.41) is 9.93. The topological polar surface area (TPSA) is 20.2 Å². The molecule has 0 aromatic rings. The lowest BCUT2D eigenvalue weighted by Crippen LogP contribution is -2.23. The number of rotatable bonds is 6. The fourth-order valence-electron chi connectivity index (χ4n) is 1.64. The van der Waals surface area contributed by atoms with Gasteiger partial charge in [0.15, 0.2) is 0 Å². The van der Waals surface area contributed by atoms with Gasteiger partial charge in [0.1, 0.15) is 0 Å². The Morgan fingerprint density at radius 2 is 1.93 bits per heavy atom. The monoisotopic (exact) mass is 234 g/mol. The molecule has 1 saturated heterocycles. The molecule has 1 atom stereocenters. The van der Waals surface area contributed by atoms with Crippen molar-refractivity contribution in [2.75, 3.05) is 11.5 Å². The van der Waals surface area contributed by atoms with Gasteiger partial charge < -0.3 is 5.11 Å². The van der Waals surface area contributed by atoms with E-state index in [0.717, 1.165) is 6.42 Å². The minimum Gasteiger partial charge on any atom is -0.391 e. The van der Waals surface area contributed by atoms with Crippen LogP contribution in [-0.4, -0.2) is 27.3 Å². The molecule has 1 aliphatic heterocycles. The second-order valence-electron chi connectivity index (χ2n) is 3.88. The summed E-state index contributed by atoms with van der Waals surface area (Å²) < 4.78 is 0.463. The number of hydrogen-bond acceptors (Lipinski definition) is 3. The van der Waals surface area contributed by atoms with Crippen LogP contribution in [-0.2, 0) is 0 Å². The number of hydrogen-bond donors (Lipinski definition) is 1. The molecule has 84 valence electrons. The number of unbranched alkanes of at least 4 members (excludes halogenated alkanes) is 3. The molecule has 1 fully saturated rings. The van der Waals surface area contributed by atoms with Crippen molar-refractivity contribution in [3.8, 4) is 0 Å². The third-order valence-electron chi connectivity index (χ3n) is 2.52. The van der Waals surface area contributed by atoms with E-state index in [9.17, 15) is 5.11 Å². The zero-order valence-corrected chi connectivity index (χ0v) is 10.7. The molecule has 0 aliphatic carbocycles. The quantitative estimate of drug-likeness (QED) is 0.710. The van der Waals surface area contributed by atoms with Gasteiger partial charge in [-0.25, -0.2) is 0 Å². The predicted octanol–water partition coefficient (Wildman–Crippen LogP) is 3.51. The van der Waals surface area contributed by atoms with Crippen LogP contribution in [0.1, 0.15) is 45.4 Å². The minimum atomic E-state index is -0.0674. The number of aliphatic hydroxyl groups excluding tert-OH is 1. The van der Waals surface area contributed by atoms with Crippen molar-refractivity contribution in [2.24, 2.45) is 0 Å². The summed E-state index contributed by atoms with van der Waals surface area (Å²) in [5.74, 6) is 2.48. The maximum absolute atomic E-state index is 9.93. The van der Waals surface area contributed by atoms with Gasteiger partial charge in [-0.05, 0) is 24.3 Å². The first-order valence-electron chi connectivity index (χ1n) is 5.76. The fraction of sp³-hybridized carbons (Fsp3) is 1.00. The van der Waals surface area contributed by atoms with Crippen molar-refractivity contribution in [1.82, 2.24) is 0 Å². The van der Waals surface area contributed by atoms with Crippen LogP contribution in [0.3, 0.4) is 0 Å². The van der Waals surface area contributed by atoms with Gasteiger partial charge in [0.05, 0.1) is 10.7 Å². The van der Waals surface area contributed by atoms with Crippen LogP contribution in [0.4, 0.5) is 0 Å². The van der Waals surface area contributed by atoms with Crippen LogP contribution in [0.15, 0.2) is 0 Å². The lowest BCUT2D eigenvalue weighted by Gasteiger charge is -2.25. The zero-order chi connectivity index (χ0) is 10.2. The second-order valence-corrected chi connectivity index (χ2v) is 6.68. The van der Waals surface area contributed by atoms with E-state index in [4.69, 9.17) is 0 Å². The van der Waals surface area contributed by atoms with Crippen LogP contribution in [0.2, 0.25) is 0 Å². The Bertz CT molecular complexity index is 135. The number of aliphatic hydroxyl groups is 1. The molecule has 1 heterocycles. The smallest absolute Gasteiger partial charge is 0.0761 e. The molecule has 14 heavy (non-hydrogen) atoms. The molecule has 1 rings (SSSR count). The van der Waals surface area contributed by atoms with Gasteiger partial charge in [0.25, 0.3) is 0 Å². The third-order valence-corrected chi connectivity index (χ3v) is 5.67. The molecule has 0 saturated carbocycles. The predicted molar refractivity (Wildman–Crippen MR) is 68.1 cm³/mol. The molecule has 0 bridgehead atoms. The van der Waals surface area contributed by atoms with Gasteiger partial charge in [-0.2, -0.15) is 0 Å². The summed E-state index contributed by atoms with van der Waals surface area (Å²) in [6.07, 6.45) is 7.34. The summed E-state index contributed by atoms with van der Waals surface area (Å²) in [6.45, 7) is 2.23. The molecule has 0 unspecified atom stereocenters. The molecule has 0 radical (unpaired) electrons. The van der Waals surface area contributed by atoms with Crippen molar-refractivity contribution in [3.63, 3.8) is 0 Å². The van der Waals surface area contributed by atoms with Crippen LogP contribution in [0.5, 0.6) is 0 Å². The molecule has 1 N–H and O–H groups in total. The molecule has 0 amide bonds. The molecular weight excluding hydrogens is 212 g/mol. The SMILES string of the molecule is CCCCCC[C@H](O)C1SCCCS1. The average Bonchev–Trinajstić information content (AvgIpc) is 2.25. The lowest BCUT2D eigenvalue weighted by atomic mass is 10.1. The maximum atomic E-state index is 9.93. The Balaban J connectivity index is 2.04. The van der Waals surface area contributed by atoms with Crippen LogP contribution in [0, 0.1) is 0 Å². The zero-order valence-electron chi connectivity index (χ0n) is 9.08. The normalized spacial score (nSPS) is 21.0. The van der Waals surface area contributed by atoms with E-state index in [1.54, 1.807) is 0 Å². The number of thioether (sulfide) groups is 2. The second kappa shape index (κ2) is 7.89. The highest BCUT2D eigenvalue weighted by molar-refractivity contribution is 8.17. The first kappa shape index (κ1) is 12.7. The van der Waals surface area contributed by atoms with Gasteiger partial charge in [0, 0.05) is 0 Å². The summed E-state index contributed by atoms with van der Waals surface area (Å²) in [5.41, 5.74) is 0. The highest BCUT2D eigenvalue weighted by atomic mass is 32.2. The van der Waals surface area contributed by atoms with E-state index in [1.807, 2.05) is 23.5 Å². The minimum absolute atomic E-state index is 0.0674. The summed E-state index contributed by atoms with van der Waals surface area (Å²) in [4.78, 5) is 0. The van der Waals surface area contributed by atoms with E-state index in [1.165, 1.54) is 43.6 Å². The highest BCUT2D eigenvalue weighted by Crippen LogP contribution is 2.34. The van der Waals surface area contributed by atoms with Crippen LogP contribution >= 0.6 is 23.5 Å².